The van der Waals surface area contributed by atoms with Gasteiger partial charge in [-0.25, -0.2) is 0 Å². The molecule has 0 unspecified atom stereocenters. The number of fused-ring (bicyclic) bond motifs is 1. The van der Waals surface area contributed by atoms with Crippen LogP contribution in [0.1, 0.15) is 18.4 Å². The van der Waals surface area contributed by atoms with Gasteiger partial charge in [0.1, 0.15) is 25.1 Å². The lowest BCUT2D eigenvalue weighted by Crippen LogP contribution is -2.18. The third kappa shape index (κ3) is 2.17. The standard InChI is InChI=1S/C17H17N3O2/c18-11-13-9-14(19-17(13)20-5-1-2-6-20)12-3-4-15-16(10-12)22-8-7-21-15/h3-4,9-10,19H,1-2,5-8H2. The van der Waals surface area contributed by atoms with Crippen LogP contribution in [0.25, 0.3) is 11.3 Å². The van der Waals surface area contributed by atoms with Crippen LogP contribution in [0.4, 0.5) is 5.82 Å². The zero-order valence-corrected chi connectivity index (χ0v) is 12.3. The molecule has 4 rings (SSSR count). The Hall–Kier alpha value is -2.61. The van der Waals surface area contributed by atoms with Gasteiger partial charge < -0.3 is 19.4 Å². The van der Waals surface area contributed by atoms with Crippen LogP contribution in [0.15, 0.2) is 24.3 Å². The quantitative estimate of drug-likeness (QED) is 0.925. The Morgan fingerprint density at radius 3 is 2.59 bits per heavy atom. The highest BCUT2D eigenvalue weighted by Gasteiger charge is 2.20. The van der Waals surface area contributed by atoms with Crippen LogP contribution in [0, 0.1) is 11.3 Å². The zero-order chi connectivity index (χ0) is 14.9. The van der Waals surface area contributed by atoms with Crippen LogP contribution >= 0.6 is 0 Å². The first kappa shape index (κ1) is 13.1. The molecule has 0 radical (unpaired) electrons. The molecular formula is C17H17N3O2. The van der Waals surface area contributed by atoms with Crippen molar-refractivity contribution in [1.29, 1.82) is 5.26 Å². The van der Waals surface area contributed by atoms with Gasteiger partial charge in [0.05, 0.1) is 5.56 Å². The smallest absolute Gasteiger partial charge is 0.162 e. The van der Waals surface area contributed by atoms with Crippen LogP contribution in [-0.2, 0) is 0 Å². The molecule has 0 amide bonds. The van der Waals surface area contributed by atoms with Crippen molar-refractivity contribution in [2.75, 3.05) is 31.2 Å². The zero-order valence-electron chi connectivity index (χ0n) is 12.3. The van der Waals surface area contributed by atoms with E-state index in [1.165, 1.54) is 12.8 Å². The maximum Gasteiger partial charge on any atom is 0.162 e. The summed E-state index contributed by atoms with van der Waals surface area (Å²) in [5, 5.41) is 9.39. The van der Waals surface area contributed by atoms with E-state index in [0.717, 1.165) is 41.7 Å². The number of hydrogen-bond donors (Lipinski definition) is 1. The van der Waals surface area contributed by atoms with Gasteiger partial charge in [0.25, 0.3) is 0 Å². The topological polar surface area (TPSA) is 61.3 Å². The van der Waals surface area contributed by atoms with Crippen molar-refractivity contribution in [3.63, 3.8) is 0 Å². The Balaban J connectivity index is 1.72. The SMILES string of the molecule is N#Cc1cc(-c2ccc3c(c2)OCCO3)[nH]c1N1CCCC1. The second kappa shape index (κ2) is 5.30. The predicted molar refractivity (Wildman–Crippen MR) is 83.4 cm³/mol. The van der Waals surface area contributed by atoms with Crippen molar-refractivity contribution < 1.29 is 9.47 Å². The van der Waals surface area contributed by atoms with E-state index in [-0.39, 0.29) is 0 Å². The molecule has 2 aromatic rings. The lowest BCUT2D eigenvalue weighted by atomic mass is 10.1. The molecule has 2 aliphatic heterocycles. The molecule has 1 fully saturated rings. The molecule has 1 aromatic heterocycles. The highest BCUT2D eigenvalue weighted by atomic mass is 16.6. The van der Waals surface area contributed by atoms with E-state index in [1.807, 2.05) is 24.3 Å². The maximum atomic E-state index is 9.39. The largest absolute Gasteiger partial charge is 0.486 e. The molecule has 0 aliphatic carbocycles. The molecule has 0 saturated carbocycles. The lowest BCUT2D eigenvalue weighted by Gasteiger charge is -2.18. The second-order valence-corrected chi connectivity index (χ2v) is 5.61. The summed E-state index contributed by atoms with van der Waals surface area (Å²) in [5.74, 6) is 2.48. The van der Waals surface area contributed by atoms with Crippen LogP contribution in [0.5, 0.6) is 11.5 Å². The summed E-state index contributed by atoms with van der Waals surface area (Å²) in [4.78, 5) is 5.65. The summed E-state index contributed by atoms with van der Waals surface area (Å²) in [6.45, 7) is 3.18. The Kier molecular flexibility index (Phi) is 3.15. The number of ether oxygens (including phenoxy) is 2. The Bertz CT molecular complexity index is 739. The number of aromatic amines is 1. The van der Waals surface area contributed by atoms with Crippen LogP contribution < -0.4 is 14.4 Å². The third-order valence-corrected chi connectivity index (χ3v) is 4.19. The minimum absolute atomic E-state index is 0.573. The van der Waals surface area contributed by atoms with Gasteiger partial charge in [-0.05, 0) is 37.1 Å². The van der Waals surface area contributed by atoms with Crippen molar-refractivity contribution in [1.82, 2.24) is 4.98 Å². The Labute approximate surface area is 129 Å². The van der Waals surface area contributed by atoms with Crippen molar-refractivity contribution in [3.8, 4) is 28.8 Å². The van der Waals surface area contributed by atoms with Gasteiger partial charge in [-0.2, -0.15) is 5.26 Å². The highest BCUT2D eigenvalue weighted by molar-refractivity contribution is 5.71. The van der Waals surface area contributed by atoms with Gasteiger partial charge >= 0.3 is 0 Å². The van der Waals surface area contributed by atoms with E-state index in [9.17, 15) is 5.26 Å². The summed E-state index contributed by atoms with van der Waals surface area (Å²) in [5.41, 5.74) is 2.65. The maximum absolute atomic E-state index is 9.39. The summed E-state index contributed by atoms with van der Waals surface area (Å²) < 4.78 is 11.2. The van der Waals surface area contributed by atoms with Crippen LogP contribution in [0.3, 0.4) is 0 Å². The van der Waals surface area contributed by atoms with E-state index in [1.54, 1.807) is 0 Å². The number of nitriles is 1. The number of anilines is 1. The van der Waals surface area contributed by atoms with E-state index in [2.05, 4.69) is 16.0 Å². The third-order valence-electron chi connectivity index (χ3n) is 4.19. The molecule has 5 heteroatoms. The average Bonchev–Trinajstić information content (AvgIpc) is 3.23. The van der Waals surface area contributed by atoms with E-state index in [4.69, 9.17) is 9.47 Å². The summed E-state index contributed by atoms with van der Waals surface area (Å²) in [7, 11) is 0. The van der Waals surface area contributed by atoms with Gasteiger partial charge in [0.2, 0.25) is 0 Å². The van der Waals surface area contributed by atoms with Gasteiger partial charge in [-0.1, -0.05) is 0 Å². The first-order valence-electron chi connectivity index (χ1n) is 7.63. The normalized spacial score (nSPS) is 16.6. The fraction of sp³-hybridized carbons (Fsp3) is 0.353. The van der Waals surface area contributed by atoms with Gasteiger partial charge in [-0.3, -0.25) is 0 Å². The molecule has 3 heterocycles. The molecule has 0 bridgehead atoms. The molecule has 1 N–H and O–H groups in total. The van der Waals surface area contributed by atoms with Crippen molar-refractivity contribution >= 4 is 5.82 Å². The van der Waals surface area contributed by atoms with Crippen LogP contribution in [-0.4, -0.2) is 31.3 Å². The molecule has 2 aliphatic rings. The fourth-order valence-electron chi connectivity index (χ4n) is 3.09. The second-order valence-electron chi connectivity index (χ2n) is 5.61. The highest BCUT2D eigenvalue weighted by Crippen LogP contribution is 2.36. The van der Waals surface area contributed by atoms with Crippen molar-refractivity contribution in [2.24, 2.45) is 0 Å². The lowest BCUT2D eigenvalue weighted by molar-refractivity contribution is 0.171. The number of aromatic nitrogens is 1. The van der Waals surface area contributed by atoms with E-state index >= 15 is 0 Å². The van der Waals surface area contributed by atoms with Crippen molar-refractivity contribution in [2.45, 2.75) is 12.8 Å². The Morgan fingerprint density at radius 2 is 1.82 bits per heavy atom. The molecule has 0 spiro atoms. The monoisotopic (exact) mass is 295 g/mol. The number of hydrogen-bond acceptors (Lipinski definition) is 4. The molecule has 1 aromatic carbocycles. The summed E-state index contributed by atoms with van der Waals surface area (Å²) >= 11 is 0. The van der Waals surface area contributed by atoms with Crippen LogP contribution in [0.2, 0.25) is 0 Å². The van der Waals surface area contributed by atoms with E-state index in [0.29, 0.717) is 18.8 Å². The van der Waals surface area contributed by atoms with Gasteiger partial charge in [0, 0.05) is 24.3 Å². The average molecular weight is 295 g/mol. The molecular weight excluding hydrogens is 278 g/mol. The number of benzene rings is 1. The molecule has 0 atom stereocenters. The number of H-pyrrole nitrogens is 1. The Morgan fingerprint density at radius 1 is 1.05 bits per heavy atom. The fourth-order valence-corrected chi connectivity index (χ4v) is 3.09. The van der Waals surface area contributed by atoms with Gasteiger partial charge in [-0.15, -0.1) is 0 Å². The van der Waals surface area contributed by atoms with Crippen molar-refractivity contribution in [3.05, 3.63) is 29.8 Å². The minimum atomic E-state index is 0.573. The first-order valence-corrected chi connectivity index (χ1v) is 7.63. The summed E-state index contributed by atoms with van der Waals surface area (Å²) in [6.07, 6.45) is 2.37. The molecule has 22 heavy (non-hydrogen) atoms. The number of nitrogens with one attached hydrogen (secondary N) is 1. The summed E-state index contributed by atoms with van der Waals surface area (Å²) in [6, 6.07) is 10.1. The molecule has 112 valence electrons. The minimum Gasteiger partial charge on any atom is -0.486 e. The molecule has 1 saturated heterocycles. The molecule has 5 nitrogen and oxygen atoms in total. The van der Waals surface area contributed by atoms with Gasteiger partial charge in [0.15, 0.2) is 11.5 Å². The number of rotatable bonds is 2. The van der Waals surface area contributed by atoms with E-state index < -0.39 is 0 Å². The first-order chi connectivity index (χ1) is 10.8. The predicted octanol–water partition coefficient (Wildman–Crippen LogP) is 2.92. The number of nitrogens with zero attached hydrogens (tertiary/aromatic N) is 2.